The van der Waals surface area contributed by atoms with Crippen LogP contribution < -0.4 is 10.1 Å². The van der Waals surface area contributed by atoms with Gasteiger partial charge >= 0.3 is 6.03 Å². The highest BCUT2D eigenvalue weighted by Gasteiger charge is 2.22. The Balaban J connectivity index is 1.56. The van der Waals surface area contributed by atoms with E-state index in [0.29, 0.717) is 0 Å². The molecule has 2 aromatic carbocycles. The van der Waals surface area contributed by atoms with Gasteiger partial charge in [0, 0.05) is 44.0 Å². The van der Waals surface area contributed by atoms with E-state index in [4.69, 9.17) is 4.74 Å². The van der Waals surface area contributed by atoms with Crippen molar-refractivity contribution in [1.29, 1.82) is 0 Å². The zero-order valence-electron chi connectivity index (χ0n) is 15.8. The molecule has 0 unspecified atom stereocenters. The van der Waals surface area contributed by atoms with E-state index >= 15 is 0 Å². The summed E-state index contributed by atoms with van der Waals surface area (Å²) in [6.45, 7) is 8.06. The van der Waals surface area contributed by atoms with Crippen molar-refractivity contribution in [2.24, 2.45) is 0 Å². The van der Waals surface area contributed by atoms with Crippen LogP contribution in [0.25, 0.3) is 0 Å². The van der Waals surface area contributed by atoms with Gasteiger partial charge in [-0.15, -0.1) is 0 Å². The number of urea groups is 1. The van der Waals surface area contributed by atoms with Crippen LogP contribution in [0.1, 0.15) is 16.7 Å². The number of nitrogens with zero attached hydrogens (tertiary/aromatic N) is 2. The molecule has 0 atom stereocenters. The molecule has 0 saturated carbocycles. The molecule has 5 heteroatoms. The van der Waals surface area contributed by atoms with E-state index in [-0.39, 0.29) is 6.03 Å². The van der Waals surface area contributed by atoms with E-state index in [0.717, 1.165) is 55.3 Å². The lowest BCUT2D eigenvalue weighted by molar-refractivity contribution is 0.142. The minimum Gasteiger partial charge on any atom is -0.496 e. The number of hydrogen-bond donors (Lipinski definition) is 1. The number of nitrogens with one attached hydrogen (secondary N) is 1. The maximum atomic E-state index is 12.6. The highest BCUT2D eigenvalue weighted by atomic mass is 16.5. The van der Waals surface area contributed by atoms with Gasteiger partial charge < -0.3 is 15.0 Å². The molecule has 0 aromatic heterocycles. The van der Waals surface area contributed by atoms with Gasteiger partial charge in [-0.3, -0.25) is 4.90 Å². The fourth-order valence-corrected chi connectivity index (χ4v) is 3.38. The molecule has 138 valence electrons. The number of carbonyl (C=O) groups excluding carboxylic acids is 1. The van der Waals surface area contributed by atoms with Gasteiger partial charge in [0.25, 0.3) is 0 Å². The molecule has 3 rings (SSSR count). The Morgan fingerprint density at radius 1 is 1.00 bits per heavy atom. The molecule has 0 spiro atoms. The smallest absolute Gasteiger partial charge is 0.321 e. The highest BCUT2D eigenvalue weighted by molar-refractivity contribution is 5.91. The number of ether oxygens (including phenoxy) is 1. The molecule has 5 nitrogen and oxygen atoms in total. The van der Waals surface area contributed by atoms with Gasteiger partial charge in [0.1, 0.15) is 5.75 Å². The predicted octanol–water partition coefficient (Wildman–Crippen LogP) is 3.66. The molecule has 1 heterocycles. The van der Waals surface area contributed by atoms with Crippen molar-refractivity contribution in [1.82, 2.24) is 9.80 Å². The zero-order valence-corrected chi connectivity index (χ0v) is 15.8. The Morgan fingerprint density at radius 2 is 1.65 bits per heavy atom. The second-order valence-electron chi connectivity index (χ2n) is 6.77. The van der Waals surface area contributed by atoms with E-state index in [1.807, 2.05) is 55.1 Å². The predicted molar refractivity (Wildman–Crippen MR) is 105 cm³/mol. The Bertz CT molecular complexity index is 747. The monoisotopic (exact) mass is 353 g/mol. The number of rotatable bonds is 4. The largest absolute Gasteiger partial charge is 0.496 e. The highest BCUT2D eigenvalue weighted by Crippen LogP contribution is 2.22. The Morgan fingerprint density at radius 3 is 2.31 bits per heavy atom. The molecule has 1 N–H and O–H groups in total. The maximum absolute atomic E-state index is 12.6. The fourth-order valence-electron chi connectivity index (χ4n) is 3.38. The number of amides is 2. The van der Waals surface area contributed by atoms with Crippen molar-refractivity contribution < 1.29 is 9.53 Å². The quantitative estimate of drug-likeness (QED) is 0.912. The van der Waals surface area contributed by atoms with Gasteiger partial charge in [0.05, 0.1) is 7.11 Å². The van der Waals surface area contributed by atoms with E-state index in [9.17, 15) is 4.79 Å². The van der Waals surface area contributed by atoms with Crippen molar-refractivity contribution in [3.05, 3.63) is 59.2 Å². The van der Waals surface area contributed by atoms with Crippen molar-refractivity contribution in [3.8, 4) is 5.75 Å². The van der Waals surface area contributed by atoms with E-state index in [1.54, 1.807) is 7.11 Å². The first kappa shape index (κ1) is 18.3. The van der Waals surface area contributed by atoms with Crippen molar-refractivity contribution in [2.75, 3.05) is 38.6 Å². The number of para-hydroxylation sites is 2. The van der Waals surface area contributed by atoms with Gasteiger partial charge in [-0.25, -0.2) is 4.79 Å². The molecule has 1 aliphatic rings. The number of methoxy groups -OCH3 is 1. The minimum atomic E-state index is -0.0145. The van der Waals surface area contributed by atoms with Crippen LogP contribution in [0.4, 0.5) is 10.5 Å². The third-order valence-electron chi connectivity index (χ3n) is 4.96. The summed E-state index contributed by atoms with van der Waals surface area (Å²) in [5.41, 5.74) is 4.29. The first-order valence-electron chi connectivity index (χ1n) is 9.05. The maximum Gasteiger partial charge on any atom is 0.321 e. The normalized spacial score (nSPS) is 15.0. The lowest BCUT2D eigenvalue weighted by Gasteiger charge is -2.35. The first-order valence-corrected chi connectivity index (χ1v) is 9.05. The number of aryl methyl sites for hydroxylation is 2. The van der Waals surface area contributed by atoms with Crippen LogP contribution in [-0.2, 0) is 6.54 Å². The average Bonchev–Trinajstić information content (AvgIpc) is 2.66. The van der Waals surface area contributed by atoms with Crippen LogP contribution in [-0.4, -0.2) is 49.1 Å². The van der Waals surface area contributed by atoms with Crippen LogP contribution >= 0.6 is 0 Å². The summed E-state index contributed by atoms with van der Waals surface area (Å²) in [5, 5.41) is 3.08. The molecule has 0 bridgehead atoms. The summed E-state index contributed by atoms with van der Waals surface area (Å²) in [4.78, 5) is 16.9. The summed E-state index contributed by atoms with van der Waals surface area (Å²) in [5.74, 6) is 0.919. The van der Waals surface area contributed by atoms with Crippen LogP contribution in [0.3, 0.4) is 0 Å². The summed E-state index contributed by atoms with van der Waals surface area (Å²) >= 11 is 0. The average molecular weight is 353 g/mol. The first-order chi connectivity index (χ1) is 12.6. The van der Waals surface area contributed by atoms with Crippen molar-refractivity contribution in [3.63, 3.8) is 0 Å². The number of benzene rings is 2. The molecule has 1 saturated heterocycles. The molecule has 2 amide bonds. The Kier molecular flexibility index (Phi) is 5.78. The SMILES string of the molecule is COc1ccccc1CN1CCN(C(=O)Nc2c(C)cccc2C)CC1. The molecule has 0 aliphatic carbocycles. The second kappa shape index (κ2) is 8.23. The number of carbonyl (C=O) groups is 1. The number of anilines is 1. The van der Waals surface area contributed by atoms with Crippen molar-refractivity contribution >= 4 is 11.7 Å². The fraction of sp³-hybridized carbons (Fsp3) is 0.381. The summed E-state index contributed by atoms with van der Waals surface area (Å²) < 4.78 is 5.43. The van der Waals surface area contributed by atoms with Crippen molar-refractivity contribution in [2.45, 2.75) is 20.4 Å². The van der Waals surface area contributed by atoms with Crippen LogP contribution in [0.2, 0.25) is 0 Å². The van der Waals surface area contributed by atoms with E-state index < -0.39 is 0 Å². The van der Waals surface area contributed by atoms with Gasteiger partial charge in [0.2, 0.25) is 0 Å². The zero-order chi connectivity index (χ0) is 18.5. The molecule has 1 aliphatic heterocycles. The van der Waals surface area contributed by atoms with Crippen LogP contribution in [0.15, 0.2) is 42.5 Å². The van der Waals surface area contributed by atoms with Gasteiger partial charge in [-0.2, -0.15) is 0 Å². The Hall–Kier alpha value is -2.53. The van der Waals surface area contributed by atoms with Crippen LogP contribution in [0, 0.1) is 13.8 Å². The lowest BCUT2D eigenvalue weighted by atomic mass is 10.1. The molecule has 0 radical (unpaired) electrons. The summed E-state index contributed by atoms with van der Waals surface area (Å²) in [6.07, 6.45) is 0. The molecular formula is C21H27N3O2. The van der Waals surface area contributed by atoms with E-state index in [2.05, 4.69) is 16.3 Å². The van der Waals surface area contributed by atoms with Gasteiger partial charge in [-0.05, 0) is 31.0 Å². The van der Waals surface area contributed by atoms with Gasteiger partial charge in [0.15, 0.2) is 0 Å². The topological polar surface area (TPSA) is 44.8 Å². The van der Waals surface area contributed by atoms with Gasteiger partial charge in [-0.1, -0.05) is 36.4 Å². The number of hydrogen-bond acceptors (Lipinski definition) is 3. The van der Waals surface area contributed by atoms with Crippen LogP contribution in [0.5, 0.6) is 5.75 Å². The molecule has 26 heavy (non-hydrogen) atoms. The lowest BCUT2D eigenvalue weighted by Crippen LogP contribution is -2.49. The standard InChI is InChI=1S/C21H27N3O2/c1-16-7-6-8-17(2)20(16)22-21(25)24-13-11-23(12-14-24)15-18-9-4-5-10-19(18)26-3/h4-10H,11-15H2,1-3H3,(H,22,25). The molecule has 1 fully saturated rings. The summed E-state index contributed by atoms with van der Waals surface area (Å²) in [6, 6.07) is 14.1. The van der Waals surface area contributed by atoms with E-state index in [1.165, 1.54) is 5.56 Å². The molecular weight excluding hydrogens is 326 g/mol. The third-order valence-corrected chi connectivity index (χ3v) is 4.96. The third kappa shape index (κ3) is 4.17. The Labute approximate surface area is 155 Å². The minimum absolute atomic E-state index is 0.0145. The summed E-state index contributed by atoms with van der Waals surface area (Å²) in [7, 11) is 1.70. The second-order valence-corrected chi connectivity index (χ2v) is 6.77. The number of piperazine rings is 1. The molecule has 2 aromatic rings.